The van der Waals surface area contributed by atoms with Crippen molar-refractivity contribution in [3.63, 3.8) is 0 Å². The van der Waals surface area contributed by atoms with Gasteiger partial charge in [-0.1, -0.05) is 25.4 Å². The zero-order chi connectivity index (χ0) is 28.6. The van der Waals surface area contributed by atoms with Gasteiger partial charge in [-0.25, -0.2) is 19.1 Å². The van der Waals surface area contributed by atoms with E-state index in [-0.39, 0.29) is 30.1 Å². The maximum atomic E-state index is 15.3. The molecule has 2 N–H and O–H groups in total. The third-order valence-corrected chi connectivity index (χ3v) is 6.41. The molecule has 39 heavy (non-hydrogen) atoms. The van der Waals surface area contributed by atoms with Crippen LogP contribution in [0.5, 0.6) is 5.75 Å². The molecule has 1 fully saturated rings. The Hall–Kier alpha value is -3.51. The fraction of sp³-hybridized carbons (Fsp3) is 0.500. The number of carbonyl (C=O) groups excluding carboxylic acids is 1. The van der Waals surface area contributed by atoms with E-state index in [1.807, 2.05) is 13.8 Å². The molecule has 13 heteroatoms. The highest BCUT2D eigenvalue weighted by molar-refractivity contribution is 6.30. The van der Waals surface area contributed by atoms with Crippen molar-refractivity contribution < 1.29 is 18.7 Å². The third kappa shape index (κ3) is 5.91. The number of fused-ring (bicyclic) bond motifs is 1. The number of H-pyrrole nitrogens is 1. The summed E-state index contributed by atoms with van der Waals surface area (Å²) in [6.07, 6.45) is 1.16. The molecule has 0 bridgehead atoms. The fourth-order valence-electron chi connectivity index (χ4n) is 4.42. The molecule has 4 rings (SSSR count). The Morgan fingerprint density at radius 1 is 1.31 bits per heavy atom. The number of ether oxygens (including phenoxy) is 2. The molecular formula is C26H32ClFN6O5. The van der Waals surface area contributed by atoms with Crippen LogP contribution in [-0.2, 0) is 4.74 Å². The second-order valence-electron chi connectivity index (χ2n) is 10.7. The van der Waals surface area contributed by atoms with Crippen molar-refractivity contribution in [2.24, 2.45) is 0 Å². The van der Waals surface area contributed by atoms with Crippen molar-refractivity contribution in [2.45, 2.75) is 59.1 Å². The number of hydrogen-bond acceptors (Lipinski definition) is 8. The van der Waals surface area contributed by atoms with E-state index in [9.17, 15) is 14.4 Å². The first kappa shape index (κ1) is 28.5. The average molecular weight is 563 g/mol. The summed E-state index contributed by atoms with van der Waals surface area (Å²) in [5.74, 6) is -1.55. The highest BCUT2D eigenvalue weighted by atomic mass is 35.5. The van der Waals surface area contributed by atoms with Crippen molar-refractivity contribution in [1.29, 1.82) is 0 Å². The Morgan fingerprint density at radius 3 is 2.69 bits per heavy atom. The van der Waals surface area contributed by atoms with E-state index in [0.29, 0.717) is 30.0 Å². The van der Waals surface area contributed by atoms with Crippen molar-refractivity contribution in [3.8, 4) is 11.4 Å². The quantitative estimate of drug-likeness (QED) is 0.453. The van der Waals surface area contributed by atoms with Gasteiger partial charge in [0.25, 0.3) is 5.56 Å². The van der Waals surface area contributed by atoms with Gasteiger partial charge >= 0.3 is 11.8 Å². The molecule has 1 aliphatic rings. The standard InChI is InChI=1S/C26H32ClFN6O5/c1-13(2)18-19(14(3)7-8-30-18)34-22-16(23(35)32-24(34)36)20(17(28)21(27)31-22)38-12-15-11-33(10-9-29-15)25(37)39-26(4,5)6/h7-8,13,15,29H,9-12H2,1-6H3,(H,32,35,36)/t15-/m1/s1. The predicted octanol–water partition coefficient (Wildman–Crippen LogP) is 3.28. The Labute approximate surface area is 229 Å². The zero-order valence-corrected chi connectivity index (χ0v) is 23.5. The molecule has 1 aliphatic heterocycles. The summed E-state index contributed by atoms with van der Waals surface area (Å²) in [5, 5.41) is 2.38. The Bertz CT molecular complexity index is 1530. The first-order valence-corrected chi connectivity index (χ1v) is 13.0. The molecule has 210 valence electrons. The lowest BCUT2D eigenvalue weighted by molar-refractivity contribution is 0.0177. The van der Waals surface area contributed by atoms with E-state index < -0.39 is 45.7 Å². The summed E-state index contributed by atoms with van der Waals surface area (Å²) in [6.45, 7) is 12.0. The summed E-state index contributed by atoms with van der Waals surface area (Å²) in [5.41, 5.74) is -0.747. The van der Waals surface area contributed by atoms with Crippen molar-refractivity contribution >= 4 is 28.7 Å². The number of nitrogens with one attached hydrogen (secondary N) is 2. The van der Waals surface area contributed by atoms with E-state index in [1.54, 1.807) is 40.0 Å². The SMILES string of the molecule is Cc1ccnc(C(C)C)c1-n1c(=O)[nH]c(=O)c2c(OC[C@H]3CN(C(=O)OC(C)(C)C)CCN3)c(F)c(Cl)nc21. The zero-order valence-electron chi connectivity index (χ0n) is 22.7. The minimum Gasteiger partial charge on any atom is -0.488 e. The molecule has 1 amide bonds. The number of nitrogens with zero attached hydrogens (tertiary/aromatic N) is 4. The van der Waals surface area contributed by atoms with Crippen LogP contribution in [0.15, 0.2) is 21.9 Å². The number of aromatic amines is 1. The average Bonchev–Trinajstić information content (AvgIpc) is 2.84. The first-order chi connectivity index (χ1) is 18.3. The van der Waals surface area contributed by atoms with Gasteiger partial charge in [0.2, 0.25) is 5.82 Å². The second kappa shape index (κ2) is 10.9. The number of halogens is 2. The van der Waals surface area contributed by atoms with Crippen LogP contribution >= 0.6 is 11.6 Å². The fourth-order valence-corrected chi connectivity index (χ4v) is 4.59. The molecule has 4 heterocycles. The lowest BCUT2D eigenvalue weighted by atomic mass is 10.0. The molecule has 0 spiro atoms. The molecule has 0 unspecified atom stereocenters. The lowest BCUT2D eigenvalue weighted by Gasteiger charge is -2.34. The van der Waals surface area contributed by atoms with Gasteiger partial charge in [-0.15, -0.1) is 0 Å². The van der Waals surface area contributed by atoms with E-state index in [2.05, 4.69) is 20.3 Å². The van der Waals surface area contributed by atoms with Crippen molar-refractivity contribution in [1.82, 2.24) is 29.7 Å². The number of aromatic nitrogens is 4. The molecule has 11 nitrogen and oxygen atoms in total. The van der Waals surface area contributed by atoms with Crippen LogP contribution < -0.4 is 21.3 Å². The van der Waals surface area contributed by atoms with Gasteiger partial charge in [-0.3, -0.25) is 14.8 Å². The Kier molecular flexibility index (Phi) is 7.99. The molecule has 0 aromatic carbocycles. The lowest BCUT2D eigenvalue weighted by Crippen LogP contribution is -2.55. The third-order valence-electron chi connectivity index (χ3n) is 6.16. The van der Waals surface area contributed by atoms with E-state index in [1.165, 1.54) is 9.47 Å². The van der Waals surface area contributed by atoms with Gasteiger partial charge in [0.15, 0.2) is 16.5 Å². The highest BCUT2D eigenvalue weighted by Gasteiger charge is 2.29. The summed E-state index contributed by atoms with van der Waals surface area (Å²) in [4.78, 5) is 50.9. The monoisotopic (exact) mass is 562 g/mol. The van der Waals surface area contributed by atoms with Gasteiger partial charge < -0.3 is 19.7 Å². The minimum absolute atomic E-state index is 0.0780. The van der Waals surface area contributed by atoms with Gasteiger partial charge in [0, 0.05) is 25.8 Å². The highest BCUT2D eigenvalue weighted by Crippen LogP contribution is 2.32. The van der Waals surface area contributed by atoms with Crippen LogP contribution in [0.1, 0.15) is 51.8 Å². The number of hydrogen-bond donors (Lipinski definition) is 2. The van der Waals surface area contributed by atoms with Crippen LogP contribution in [-0.4, -0.2) is 68.4 Å². The topological polar surface area (TPSA) is 131 Å². The number of aryl methyl sites for hydroxylation is 1. The van der Waals surface area contributed by atoms with Crippen molar-refractivity contribution in [3.05, 3.63) is 55.3 Å². The molecule has 0 aliphatic carbocycles. The molecule has 0 saturated carbocycles. The predicted molar refractivity (Wildman–Crippen MR) is 145 cm³/mol. The van der Waals surface area contributed by atoms with Crippen LogP contribution in [0, 0.1) is 12.7 Å². The van der Waals surface area contributed by atoms with Crippen LogP contribution in [0.2, 0.25) is 5.15 Å². The van der Waals surface area contributed by atoms with E-state index in [0.717, 1.165) is 0 Å². The van der Waals surface area contributed by atoms with Crippen LogP contribution in [0.3, 0.4) is 0 Å². The summed E-state index contributed by atoms with van der Waals surface area (Å²) >= 11 is 6.15. The van der Waals surface area contributed by atoms with Gasteiger partial charge in [-0.2, -0.15) is 4.39 Å². The Balaban J connectivity index is 1.75. The molecule has 3 aromatic heterocycles. The number of rotatable bonds is 5. The maximum Gasteiger partial charge on any atom is 0.410 e. The second-order valence-corrected chi connectivity index (χ2v) is 11.1. The summed E-state index contributed by atoms with van der Waals surface area (Å²) in [6, 6.07) is 1.32. The van der Waals surface area contributed by atoms with Gasteiger partial charge in [0.1, 0.15) is 17.6 Å². The molecule has 1 saturated heterocycles. The van der Waals surface area contributed by atoms with E-state index >= 15 is 4.39 Å². The van der Waals surface area contributed by atoms with Gasteiger partial charge in [0.05, 0.1) is 17.4 Å². The summed E-state index contributed by atoms with van der Waals surface area (Å²) < 4.78 is 27.8. The normalized spacial score (nSPS) is 16.1. The summed E-state index contributed by atoms with van der Waals surface area (Å²) in [7, 11) is 0. The number of carbonyl (C=O) groups is 1. The Morgan fingerprint density at radius 2 is 2.03 bits per heavy atom. The number of pyridine rings is 2. The minimum atomic E-state index is -1.04. The van der Waals surface area contributed by atoms with Crippen molar-refractivity contribution in [2.75, 3.05) is 26.2 Å². The van der Waals surface area contributed by atoms with E-state index in [4.69, 9.17) is 21.1 Å². The van der Waals surface area contributed by atoms with Crippen LogP contribution in [0.4, 0.5) is 9.18 Å². The number of amides is 1. The smallest absolute Gasteiger partial charge is 0.410 e. The van der Waals surface area contributed by atoms with Gasteiger partial charge in [-0.05, 0) is 45.2 Å². The molecule has 3 aromatic rings. The number of piperazine rings is 1. The first-order valence-electron chi connectivity index (χ1n) is 12.6. The largest absolute Gasteiger partial charge is 0.488 e. The maximum absolute atomic E-state index is 15.3. The molecule has 0 radical (unpaired) electrons. The van der Waals surface area contributed by atoms with Crippen LogP contribution in [0.25, 0.3) is 16.7 Å². The molecule has 1 atom stereocenters. The molecular weight excluding hydrogens is 531 g/mol.